The third kappa shape index (κ3) is 1.17. The molecule has 0 heterocycles. The monoisotopic (exact) mass is 157 g/mol. The molecule has 1 aromatic carbocycles. The van der Waals surface area contributed by atoms with Gasteiger partial charge in [-0.2, -0.15) is 0 Å². The van der Waals surface area contributed by atoms with Crippen LogP contribution in [-0.4, -0.2) is 10.2 Å². The van der Waals surface area contributed by atoms with Gasteiger partial charge in [-0.15, -0.1) is 0 Å². The van der Waals surface area contributed by atoms with Crippen molar-refractivity contribution in [3.05, 3.63) is 18.2 Å². The van der Waals surface area contributed by atoms with E-state index in [1.807, 2.05) is 0 Å². The Bertz CT molecular complexity index is 219. The van der Waals surface area contributed by atoms with Gasteiger partial charge in [0, 0.05) is 0 Å². The summed E-state index contributed by atoms with van der Waals surface area (Å²) in [7, 11) is 0. The fraction of sp³-hybridized carbons (Fsp3) is 0. The molecule has 0 saturated heterocycles. The quantitative estimate of drug-likeness (QED) is 0.533. The third-order valence-corrected chi connectivity index (χ3v) is 1.75. The Balaban J connectivity index is 3.17. The highest BCUT2D eigenvalue weighted by atomic mass is 32.2. The molecule has 1 rings (SSSR count). The number of nitrogens with two attached hydrogens (primary N) is 1. The van der Waals surface area contributed by atoms with E-state index in [0.29, 0.717) is 4.90 Å². The summed E-state index contributed by atoms with van der Waals surface area (Å²) in [6, 6.07) is 4.48. The molecule has 0 radical (unpaired) electrons. The maximum Gasteiger partial charge on any atom is 0.134 e. The lowest BCUT2D eigenvalue weighted by Crippen LogP contribution is -1.80. The molecule has 0 amide bonds. The van der Waals surface area contributed by atoms with Crippen LogP contribution in [0.1, 0.15) is 0 Å². The topological polar surface area (TPSA) is 66.5 Å². The van der Waals surface area contributed by atoms with E-state index < -0.39 is 0 Å². The highest BCUT2D eigenvalue weighted by molar-refractivity contribution is 7.97. The lowest BCUT2D eigenvalue weighted by atomic mass is 10.3. The second-order valence-electron chi connectivity index (χ2n) is 1.74. The van der Waals surface area contributed by atoms with Gasteiger partial charge in [-0.25, -0.2) is 0 Å². The van der Waals surface area contributed by atoms with E-state index in [1.54, 1.807) is 6.07 Å². The highest BCUT2D eigenvalue weighted by Gasteiger charge is 2.03. The van der Waals surface area contributed by atoms with Gasteiger partial charge in [0.25, 0.3) is 0 Å². The Morgan fingerprint density at radius 2 is 1.70 bits per heavy atom. The normalized spacial score (nSPS) is 9.70. The first-order valence-corrected chi connectivity index (χ1v) is 3.51. The minimum atomic E-state index is 0.00694. The molecule has 0 saturated carbocycles. The second kappa shape index (κ2) is 2.81. The first-order chi connectivity index (χ1) is 4.75. The molecular weight excluding hydrogens is 150 g/mol. The average molecular weight is 157 g/mol. The van der Waals surface area contributed by atoms with Gasteiger partial charge in [0.15, 0.2) is 0 Å². The Kier molecular flexibility index (Phi) is 2.03. The fourth-order valence-corrected chi connectivity index (χ4v) is 1.01. The van der Waals surface area contributed by atoms with Crippen LogP contribution in [0, 0.1) is 0 Å². The van der Waals surface area contributed by atoms with Crippen molar-refractivity contribution in [3.8, 4) is 11.5 Å². The summed E-state index contributed by atoms with van der Waals surface area (Å²) in [6.07, 6.45) is 0. The summed E-state index contributed by atoms with van der Waals surface area (Å²) in [5, 5.41) is 23.2. The zero-order valence-corrected chi connectivity index (χ0v) is 5.93. The van der Waals surface area contributed by atoms with Gasteiger partial charge in [0.1, 0.15) is 16.4 Å². The lowest BCUT2D eigenvalue weighted by molar-refractivity contribution is 0.428. The predicted octanol–water partition coefficient (Wildman–Crippen LogP) is 1.06. The molecule has 4 N–H and O–H groups in total. The van der Waals surface area contributed by atoms with Crippen molar-refractivity contribution in [2.24, 2.45) is 5.14 Å². The number of hydrogen-bond acceptors (Lipinski definition) is 4. The molecule has 54 valence electrons. The van der Waals surface area contributed by atoms with Crippen LogP contribution < -0.4 is 5.14 Å². The molecule has 4 heteroatoms. The second-order valence-corrected chi connectivity index (χ2v) is 2.39. The smallest absolute Gasteiger partial charge is 0.134 e. The molecule has 0 aliphatic heterocycles. The number of aromatic hydroxyl groups is 2. The number of benzene rings is 1. The zero-order valence-electron chi connectivity index (χ0n) is 5.11. The van der Waals surface area contributed by atoms with Crippen LogP contribution in [0.2, 0.25) is 0 Å². The Hall–Kier alpha value is -0.870. The Morgan fingerprint density at radius 3 is 2.00 bits per heavy atom. The summed E-state index contributed by atoms with van der Waals surface area (Å²) in [5.41, 5.74) is 0. The molecular formula is C6H7NO2S. The van der Waals surface area contributed by atoms with Gasteiger partial charge in [-0.3, -0.25) is 5.14 Å². The van der Waals surface area contributed by atoms with E-state index in [-0.39, 0.29) is 11.5 Å². The summed E-state index contributed by atoms with van der Waals surface area (Å²) < 4.78 is 0. The Morgan fingerprint density at radius 1 is 1.20 bits per heavy atom. The molecule has 1 aromatic rings. The Labute approximate surface area is 62.6 Å². The molecule has 0 aliphatic carbocycles. The molecule has 0 bridgehead atoms. The van der Waals surface area contributed by atoms with E-state index in [4.69, 9.17) is 15.4 Å². The molecule has 0 aromatic heterocycles. The molecule has 3 nitrogen and oxygen atoms in total. The third-order valence-electron chi connectivity index (χ3n) is 1.09. The van der Waals surface area contributed by atoms with Gasteiger partial charge in [0.05, 0.1) is 0 Å². The average Bonchev–Trinajstić information content (AvgIpc) is 1.88. The van der Waals surface area contributed by atoms with Crippen LogP contribution in [0.4, 0.5) is 0 Å². The highest BCUT2D eigenvalue weighted by Crippen LogP contribution is 2.32. The largest absolute Gasteiger partial charge is 0.507 e. The zero-order chi connectivity index (χ0) is 7.56. The van der Waals surface area contributed by atoms with Crippen LogP contribution in [-0.2, 0) is 0 Å². The van der Waals surface area contributed by atoms with Gasteiger partial charge in [0.2, 0.25) is 0 Å². The number of rotatable bonds is 1. The van der Waals surface area contributed by atoms with Crippen molar-refractivity contribution in [3.63, 3.8) is 0 Å². The van der Waals surface area contributed by atoms with Crippen molar-refractivity contribution in [1.29, 1.82) is 0 Å². The van der Waals surface area contributed by atoms with E-state index >= 15 is 0 Å². The SMILES string of the molecule is NSc1c(O)cccc1O. The maximum absolute atomic E-state index is 9.03. The molecule has 0 unspecified atom stereocenters. The fourth-order valence-electron chi connectivity index (χ4n) is 0.634. The minimum absolute atomic E-state index is 0.00694. The number of hydrogen-bond donors (Lipinski definition) is 3. The van der Waals surface area contributed by atoms with Crippen LogP contribution in [0.25, 0.3) is 0 Å². The van der Waals surface area contributed by atoms with Crippen molar-refractivity contribution in [2.45, 2.75) is 4.90 Å². The summed E-state index contributed by atoms with van der Waals surface area (Å²) in [6.45, 7) is 0. The van der Waals surface area contributed by atoms with E-state index in [0.717, 1.165) is 11.9 Å². The molecule has 0 aliphatic rings. The van der Waals surface area contributed by atoms with Crippen molar-refractivity contribution >= 4 is 11.9 Å². The van der Waals surface area contributed by atoms with Gasteiger partial charge in [-0.1, -0.05) is 6.07 Å². The lowest BCUT2D eigenvalue weighted by Gasteiger charge is -2.00. The number of phenolic OH excluding ortho intramolecular Hbond substituents is 2. The predicted molar refractivity (Wildman–Crippen MR) is 39.8 cm³/mol. The van der Waals surface area contributed by atoms with Crippen molar-refractivity contribution in [2.75, 3.05) is 0 Å². The van der Waals surface area contributed by atoms with Gasteiger partial charge < -0.3 is 10.2 Å². The molecule has 0 spiro atoms. The first kappa shape index (κ1) is 7.24. The van der Waals surface area contributed by atoms with Gasteiger partial charge >= 0.3 is 0 Å². The van der Waals surface area contributed by atoms with E-state index in [2.05, 4.69) is 0 Å². The molecule has 0 atom stereocenters. The summed E-state index contributed by atoms with van der Waals surface area (Å²) >= 11 is 0.822. The molecule has 0 fully saturated rings. The minimum Gasteiger partial charge on any atom is -0.507 e. The van der Waals surface area contributed by atoms with Gasteiger partial charge in [-0.05, 0) is 24.1 Å². The first-order valence-electron chi connectivity index (χ1n) is 2.63. The summed E-state index contributed by atoms with van der Waals surface area (Å²) in [5.74, 6) is 0.0139. The summed E-state index contributed by atoms with van der Waals surface area (Å²) in [4.78, 5) is 0.308. The maximum atomic E-state index is 9.03. The van der Waals surface area contributed by atoms with Crippen LogP contribution in [0.15, 0.2) is 23.1 Å². The van der Waals surface area contributed by atoms with Crippen molar-refractivity contribution in [1.82, 2.24) is 0 Å². The van der Waals surface area contributed by atoms with E-state index in [9.17, 15) is 0 Å². The van der Waals surface area contributed by atoms with E-state index in [1.165, 1.54) is 12.1 Å². The van der Waals surface area contributed by atoms with Crippen molar-refractivity contribution < 1.29 is 10.2 Å². The molecule has 10 heavy (non-hydrogen) atoms. The van der Waals surface area contributed by atoms with Crippen LogP contribution >= 0.6 is 11.9 Å². The standard InChI is InChI=1S/C6H7NO2S/c7-10-6-4(8)2-1-3-5(6)9/h1-3,8-9H,7H2. The number of phenols is 2. The van der Waals surface area contributed by atoms with Crippen LogP contribution in [0.3, 0.4) is 0 Å². The van der Waals surface area contributed by atoms with Crippen LogP contribution in [0.5, 0.6) is 11.5 Å².